The molecule has 2 aromatic rings. The topological polar surface area (TPSA) is 95.6 Å². The van der Waals surface area contributed by atoms with Crippen LogP contribution in [0.5, 0.6) is 0 Å². The van der Waals surface area contributed by atoms with Crippen LogP contribution in [-0.2, 0) is 4.79 Å². The van der Waals surface area contributed by atoms with Gasteiger partial charge >= 0.3 is 0 Å². The molecule has 2 heterocycles. The Labute approximate surface area is 173 Å². The molecule has 0 spiro atoms. The van der Waals surface area contributed by atoms with Crippen LogP contribution in [0.25, 0.3) is 0 Å². The van der Waals surface area contributed by atoms with Gasteiger partial charge < -0.3 is 15.2 Å². The Bertz CT molecular complexity index is 889. The number of nitrogens with one attached hydrogen (secondary N) is 2. The summed E-state index contributed by atoms with van der Waals surface area (Å²) in [6.45, 7) is 8.06. The quantitative estimate of drug-likeness (QED) is 0.643. The van der Waals surface area contributed by atoms with E-state index in [4.69, 9.17) is 0 Å². The molecule has 0 unspecified atom stereocenters. The van der Waals surface area contributed by atoms with Crippen LogP contribution in [0.1, 0.15) is 62.4 Å². The second-order valence-electron chi connectivity index (χ2n) is 7.36. The van der Waals surface area contributed by atoms with Crippen LogP contribution in [-0.4, -0.2) is 32.5 Å². The van der Waals surface area contributed by atoms with E-state index in [0.29, 0.717) is 17.4 Å². The summed E-state index contributed by atoms with van der Waals surface area (Å²) < 4.78 is 2.91. The third-order valence-electron chi connectivity index (χ3n) is 4.96. The van der Waals surface area contributed by atoms with Gasteiger partial charge in [0.15, 0.2) is 4.34 Å². The molecule has 0 saturated heterocycles. The Morgan fingerprint density at radius 2 is 2.07 bits per heavy atom. The van der Waals surface area contributed by atoms with Crippen LogP contribution in [0.3, 0.4) is 0 Å². The van der Waals surface area contributed by atoms with Crippen molar-refractivity contribution >= 4 is 40.0 Å². The lowest BCUT2D eigenvalue weighted by molar-refractivity contribution is -0.113. The lowest BCUT2D eigenvalue weighted by Crippen LogP contribution is -2.19. The summed E-state index contributed by atoms with van der Waals surface area (Å²) in [5.41, 5.74) is 2.59. The minimum absolute atomic E-state index is 0.133. The molecule has 3 rings (SSSR count). The molecule has 28 heavy (non-hydrogen) atoms. The number of carbonyl (C=O) groups excluding carboxylic acids is 1. The standard InChI is InChI=1S/C19H26N6OS2/c1-11(2)21-18-23-24-19(28-18)27-10-16(26)22-17-15(9-20)12(3)13(4)25(17)14-7-5-6-8-14/h11,14H,5-8,10H2,1-4H3,(H,21,23)(H,22,26). The summed E-state index contributed by atoms with van der Waals surface area (Å²) in [6.07, 6.45) is 4.56. The Balaban J connectivity index is 1.70. The highest BCUT2D eigenvalue weighted by Gasteiger charge is 2.26. The van der Waals surface area contributed by atoms with Crippen molar-refractivity contribution in [3.05, 3.63) is 16.8 Å². The molecule has 2 aromatic heterocycles. The van der Waals surface area contributed by atoms with Crippen LogP contribution < -0.4 is 10.6 Å². The number of anilines is 2. The molecule has 0 radical (unpaired) electrons. The van der Waals surface area contributed by atoms with Gasteiger partial charge in [-0.2, -0.15) is 5.26 Å². The summed E-state index contributed by atoms with van der Waals surface area (Å²) in [4.78, 5) is 12.6. The number of aromatic nitrogens is 3. The lowest BCUT2D eigenvalue weighted by atomic mass is 10.2. The number of thioether (sulfide) groups is 1. The highest BCUT2D eigenvalue weighted by Crippen LogP contribution is 2.37. The van der Waals surface area contributed by atoms with Gasteiger partial charge in [-0.05, 0) is 46.1 Å². The Hall–Kier alpha value is -2.05. The molecule has 0 bridgehead atoms. The fourth-order valence-electron chi connectivity index (χ4n) is 3.57. The smallest absolute Gasteiger partial charge is 0.235 e. The van der Waals surface area contributed by atoms with Crippen molar-refractivity contribution in [2.45, 2.75) is 69.8 Å². The Morgan fingerprint density at radius 1 is 1.36 bits per heavy atom. The molecule has 0 atom stereocenters. The van der Waals surface area contributed by atoms with Crippen LogP contribution in [0, 0.1) is 25.2 Å². The van der Waals surface area contributed by atoms with Gasteiger partial charge in [0, 0.05) is 17.8 Å². The van der Waals surface area contributed by atoms with E-state index in [2.05, 4.69) is 31.5 Å². The summed E-state index contributed by atoms with van der Waals surface area (Å²) in [6, 6.07) is 2.92. The summed E-state index contributed by atoms with van der Waals surface area (Å²) in [5.74, 6) is 0.746. The van der Waals surface area contributed by atoms with Crippen LogP contribution >= 0.6 is 23.1 Å². The first-order valence-electron chi connectivity index (χ1n) is 9.54. The van der Waals surface area contributed by atoms with Crippen molar-refractivity contribution in [3.63, 3.8) is 0 Å². The van der Waals surface area contributed by atoms with E-state index in [-0.39, 0.29) is 17.7 Å². The average Bonchev–Trinajstić information content (AvgIpc) is 3.35. The predicted octanol–water partition coefficient (Wildman–Crippen LogP) is 4.49. The van der Waals surface area contributed by atoms with Crippen molar-refractivity contribution < 1.29 is 4.79 Å². The SMILES string of the molecule is Cc1c(C#N)c(NC(=O)CSc2nnc(NC(C)C)s2)n(C2CCCC2)c1C. The molecule has 1 aliphatic rings. The normalized spacial score (nSPS) is 14.4. The largest absolute Gasteiger partial charge is 0.358 e. The van der Waals surface area contributed by atoms with E-state index < -0.39 is 0 Å². The maximum absolute atomic E-state index is 12.6. The lowest BCUT2D eigenvalue weighted by Gasteiger charge is -2.19. The summed E-state index contributed by atoms with van der Waals surface area (Å²) in [5, 5.41) is 24.8. The maximum atomic E-state index is 12.6. The fraction of sp³-hybridized carbons (Fsp3) is 0.579. The summed E-state index contributed by atoms with van der Waals surface area (Å²) >= 11 is 2.80. The van der Waals surface area contributed by atoms with Gasteiger partial charge in [0.1, 0.15) is 11.9 Å². The van der Waals surface area contributed by atoms with E-state index in [0.717, 1.165) is 33.6 Å². The zero-order valence-electron chi connectivity index (χ0n) is 16.7. The van der Waals surface area contributed by atoms with Crippen molar-refractivity contribution in [2.24, 2.45) is 0 Å². The fourth-order valence-corrected chi connectivity index (χ4v) is 5.27. The second kappa shape index (κ2) is 8.97. The monoisotopic (exact) mass is 418 g/mol. The minimum atomic E-state index is -0.133. The molecule has 0 aliphatic heterocycles. The van der Waals surface area contributed by atoms with Gasteiger partial charge in [-0.3, -0.25) is 4.79 Å². The van der Waals surface area contributed by atoms with E-state index in [1.165, 1.54) is 35.9 Å². The summed E-state index contributed by atoms with van der Waals surface area (Å²) in [7, 11) is 0. The number of hydrogen-bond donors (Lipinski definition) is 2. The first-order valence-corrected chi connectivity index (χ1v) is 11.3. The molecule has 2 N–H and O–H groups in total. The van der Waals surface area contributed by atoms with Crippen LogP contribution in [0.4, 0.5) is 10.9 Å². The third-order valence-corrected chi connectivity index (χ3v) is 6.95. The van der Waals surface area contributed by atoms with Gasteiger partial charge in [-0.1, -0.05) is 35.9 Å². The number of rotatable bonds is 7. The zero-order chi connectivity index (χ0) is 20.3. The van der Waals surface area contributed by atoms with Crippen LogP contribution in [0.15, 0.2) is 4.34 Å². The molecule has 1 amide bonds. The van der Waals surface area contributed by atoms with Gasteiger partial charge in [0.25, 0.3) is 0 Å². The van der Waals surface area contributed by atoms with E-state index in [1.54, 1.807) is 0 Å². The highest BCUT2D eigenvalue weighted by molar-refractivity contribution is 8.01. The third kappa shape index (κ3) is 4.50. The van der Waals surface area contributed by atoms with Gasteiger partial charge in [0.2, 0.25) is 11.0 Å². The Kier molecular flexibility index (Phi) is 6.62. The first-order chi connectivity index (χ1) is 13.4. The number of hydrogen-bond acceptors (Lipinski definition) is 7. The van der Waals surface area contributed by atoms with Crippen molar-refractivity contribution in [2.75, 3.05) is 16.4 Å². The molecular formula is C19H26N6OS2. The maximum Gasteiger partial charge on any atom is 0.235 e. The molecule has 150 valence electrons. The minimum Gasteiger partial charge on any atom is -0.358 e. The zero-order valence-corrected chi connectivity index (χ0v) is 18.3. The molecule has 1 saturated carbocycles. The van der Waals surface area contributed by atoms with Gasteiger partial charge in [0.05, 0.1) is 11.3 Å². The van der Waals surface area contributed by atoms with E-state index >= 15 is 0 Å². The number of nitriles is 1. The number of amides is 1. The molecule has 7 nitrogen and oxygen atoms in total. The van der Waals surface area contributed by atoms with Crippen molar-refractivity contribution in [1.29, 1.82) is 5.26 Å². The Morgan fingerprint density at radius 3 is 2.71 bits per heavy atom. The first kappa shape index (κ1) is 20.7. The van der Waals surface area contributed by atoms with E-state index in [9.17, 15) is 10.1 Å². The molecule has 0 aromatic carbocycles. The predicted molar refractivity (Wildman–Crippen MR) is 114 cm³/mol. The molecule has 9 heteroatoms. The molecule has 1 aliphatic carbocycles. The molecule has 1 fully saturated rings. The van der Waals surface area contributed by atoms with Crippen molar-refractivity contribution in [1.82, 2.24) is 14.8 Å². The van der Waals surface area contributed by atoms with E-state index in [1.807, 2.05) is 27.7 Å². The van der Waals surface area contributed by atoms with Gasteiger partial charge in [-0.25, -0.2) is 0 Å². The second-order valence-corrected chi connectivity index (χ2v) is 9.56. The van der Waals surface area contributed by atoms with Gasteiger partial charge in [-0.15, -0.1) is 10.2 Å². The number of carbonyl (C=O) groups is 1. The number of nitrogens with zero attached hydrogens (tertiary/aromatic N) is 4. The van der Waals surface area contributed by atoms with Crippen molar-refractivity contribution in [3.8, 4) is 6.07 Å². The van der Waals surface area contributed by atoms with Crippen LogP contribution in [0.2, 0.25) is 0 Å². The highest BCUT2D eigenvalue weighted by atomic mass is 32.2. The average molecular weight is 419 g/mol. The molecular weight excluding hydrogens is 392 g/mol.